The molecule has 3 aromatic heterocycles. The average Bonchev–Trinajstić information content (AvgIpc) is 3.10. The monoisotopic (exact) mass is 320 g/mol. The predicted molar refractivity (Wildman–Crippen MR) is 90.3 cm³/mol. The molecule has 0 fully saturated rings. The van der Waals surface area contributed by atoms with Gasteiger partial charge in [0.1, 0.15) is 0 Å². The van der Waals surface area contributed by atoms with Crippen LogP contribution >= 0.6 is 11.3 Å². The van der Waals surface area contributed by atoms with Crippen molar-refractivity contribution in [2.24, 2.45) is 0 Å². The molecule has 0 N–H and O–H groups in total. The smallest absolute Gasteiger partial charge is 0.266 e. The summed E-state index contributed by atoms with van der Waals surface area (Å²) in [4.78, 5) is 21.5. The van der Waals surface area contributed by atoms with Gasteiger partial charge in [-0.1, -0.05) is 41.2 Å². The Morgan fingerprint density at radius 1 is 1.09 bits per heavy atom. The Morgan fingerprint density at radius 3 is 2.52 bits per heavy atom. The summed E-state index contributed by atoms with van der Waals surface area (Å²) in [6.45, 7) is 2.03. The lowest BCUT2D eigenvalue weighted by Crippen LogP contribution is -2.23. The molecule has 1 aromatic carbocycles. The molecular formula is C17H12N4OS. The Morgan fingerprint density at radius 2 is 1.83 bits per heavy atom. The van der Waals surface area contributed by atoms with E-state index in [1.54, 1.807) is 12.4 Å². The van der Waals surface area contributed by atoms with Crippen molar-refractivity contribution in [1.82, 2.24) is 19.6 Å². The molecule has 0 saturated heterocycles. The number of nitrogens with zero attached hydrogens (tertiary/aromatic N) is 4. The molecule has 6 heteroatoms. The lowest BCUT2D eigenvalue weighted by Gasteiger charge is -1.95. The molecular weight excluding hydrogens is 308 g/mol. The minimum atomic E-state index is -0.146. The van der Waals surface area contributed by atoms with Crippen molar-refractivity contribution >= 4 is 22.4 Å². The van der Waals surface area contributed by atoms with Gasteiger partial charge in [0.15, 0.2) is 5.82 Å². The van der Waals surface area contributed by atoms with Gasteiger partial charge >= 0.3 is 0 Å². The van der Waals surface area contributed by atoms with Crippen LogP contribution in [0.15, 0.2) is 53.6 Å². The number of hydrogen-bond acceptors (Lipinski definition) is 5. The van der Waals surface area contributed by atoms with Gasteiger partial charge in [-0.2, -0.15) is 9.50 Å². The van der Waals surface area contributed by atoms with Crippen LogP contribution in [0.25, 0.3) is 22.4 Å². The number of hydrogen-bond donors (Lipinski definition) is 0. The normalized spacial score (nSPS) is 12.1. The van der Waals surface area contributed by atoms with Crippen LogP contribution in [0, 0.1) is 6.92 Å². The first-order valence-electron chi connectivity index (χ1n) is 7.09. The molecule has 5 nitrogen and oxygen atoms in total. The zero-order chi connectivity index (χ0) is 15.8. The fourth-order valence-corrected chi connectivity index (χ4v) is 3.18. The van der Waals surface area contributed by atoms with Crippen LogP contribution in [0.5, 0.6) is 0 Å². The maximum Gasteiger partial charge on any atom is 0.291 e. The van der Waals surface area contributed by atoms with E-state index in [0.717, 1.165) is 11.1 Å². The van der Waals surface area contributed by atoms with Crippen molar-refractivity contribution in [3.63, 3.8) is 0 Å². The quantitative estimate of drug-likeness (QED) is 0.567. The second-order valence-corrected chi connectivity index (χ2v) is 6.20. The Bertz CT molecular complexity index is 1080. The van der Waals surface area contributed by atoms with Crippen molar-refractivity contribution < 1.29 is 0 Å². The van der Waals surface area contributed by atoms with Gasteiger partial charge in [-0.05, 0) is 30.7 Å². The molecule has 0 unspecified atom stereocenters. The Kier molecular flexibility index (Phi) is 3.24. The second kappa shape index (κ2) is 5.40. The molecule has 23 heavy (non-hydrogen) atoms. The van der Waals surface area contributed by atoms with Crippen LogP contribution in [0.1, 0.15) is 11.1 Å². The van der Waals surface area contributed by atoms with Crippen molar-refractivity contribution in [3.05, 3.63) is 74.8 Å². The van der Waals surface area contributed by atoms with Crippen LogP contribution in [0.3, 0.4) is 0 Å². The highest BCUT2D eigenvalue weighted by atomic mass is 32.1. The fraction of sp³-hybridized carbons (Fsp3) is 0.0588. The Balaban J connectivity index is 1.82. The molecule has 0 radical (unpaired) electrons. The molecule has 3 heterocycles. The lowest BCUT2D eigenvalue weighted by atomic mass is 10.1. The zero-order valence-corrected chi connectivity index (χ0v) is 13.1. The van der Waals surface area contributed by atoms with Gasteiger partial charge in [0.25, 0.3) is 5.56 Å². The van der Waals surface area contributed by atoms with E-state index in [2.05, 4.69) is 15.1 Å². The van der Waals surface area contributed by atoms with Crippen LogP contribution in [0.2, 0.25) is 0 Å². The number of aromatic nitrogens is 4. The predicted octanol–water partition coefficient (Wildman–Crippen LogP) is 2.07. The van der Waals surface area contributed by atoms with E-state index < -0.39 is 0 Å². The first-order valence-corrected chi connectivity index (χ1v) is 7.91. The number of fused-ring (bicyclic) bond motifs is 1. The highest BCUT2D eigenvalue weighted by molar-refractivity contribution is 7.15. The topological polar surface area (TPSA) is 60.2 Å². The lowest BCUT2D eigenvalue weighted by molar-refractivity contribution is 0.937. The summed E-state index contributed by atoms with van der Waals surface area (Å²) in [5.41, 5.74) is 2.87. The molecule has 0 saturated carbocycles. The van der Waals surface area contributed by atoms with E-state index in [9.17, 15) is 4.79 Å². The van der Waals surface area contributed by atoms with Gasteiger partial charge in [-0.15, -0.1) is 5.10 Å². The first-order chi connectivity index (χ1) is 11.2. The Labute approximate surface area is 135 Å². The van der Waals surface area contributed by atoms with E-state index in [0.29, 0.717) is 15.3 Å². The SMILES string of the molecule is Cc1ccc(-c2nc3sc(=Cc4ccncc4)c(=O)n3n2)cc1. The van der Waals surface area contributed by atoms with Crippen LogP contribution in [0.4, 0.5) is 0 Å². The third-order valence-electron chi connectivity index (χ3n) is 3.50. The summed E-state index contributed by atoms with van der Waals surface area (Å²) in [5, 5.41) is 4.35. The van der Waals surface area contributed by atoms with Gasteiger partial charge in [0.2, 0.25) is 4.96 Å². The summed E-state index contributed by atoms with van der Waals surface area (Å²) in [7, 11) is 0. The molecule has 4 rings (SSSR count). The minimum Gasteiger partial charge on any atom is -0.266 e. The molecule has 0 spiro atoms. The number of benzene rings is 1. The van der Waals surface area contributed by atoms with Gasteiger partial charge in [-0.25, -0.2) is 0 Å². The van der Waals surface area contributed by atoms with Crippen LogP contribution in [-0.2, 0) is 0 Å². The van der Waals surface area contributed by atoms with E-state index in [1.807, 2.05) is 49.4 Å². The molecule has 112 valence electrons. The molecule has 0 amide bonds. The molecule has 0 bridgehead atoms. The summed E-state index contributed by atoms with van der Waals surface area (Å²) in [6.07, 6.45) is 5.22. The van der Waals surface area contributed by atoms with Crippen molar-refractivity contribution in [1.29, 1.82) is 0 Å². The van der Waals surface area contributed by atoms with E-state index in [4.69, 9.17) is 0 Å². The fourth-order valence-electron chi connectivity index (χ4n) is 2.27. The van der Waals surface area contributed by atoms with Crippen LogP contribution in [-0.4, -0.2) is 19.6 Å². The summed E-state index contributed by atoms with van der Waals surface area (Å²) < 4.78 is 1.98. The standard InChI is InChI=1S/C17H12N4OS/c1-11-2-4-13(5-3-11)15-19-17-21(20-15)16(22)14(23-17)10-12-6-8-18-9-7-12/h2-10H,1H3. The third-order valence-corrected chi connectivity index (χ3v) is 4.45. The van der Waals surface area contributed by atoms with E-state index >= 15 is 0 Å². The molecule has 0 aliphatic rings. The summed E-state index contributed by atoms with van der Waals surface area (Å²) >= 11 is 1.34. The highest BCUT2D eigenvalue weighted by Gasteiger charge is 2.11. The van der Waals surface area contributed by atoms with Crippen molar-refractivity contribution in [3.8, 4) is 11.4 Å². The second-order valence-electron chi connectivity index (χ2n) is 5.19. The van der Waals surface area contributed by atoms with Gasteiger partial charge in [0.05, 0.1) is 4.53 Å². The number of aryl methyl sites for hydroxylation is 1. The zero-order valence-electron chi connectivity index (χ0n) is 12.3. The molecule has 0 aliphatic heterocycles. The molecule has 0 aliphatic carbocycles. The first kappa shape index (κ1) is 13.8. The van der Waals surface area contributed by atoms with E-state index in [-0.39, 0.29) is 5.56 Å². The summed E-state index contributed by atoms with van der Waals surface area (Å²) in [6, 6.07) is 11.6. The van der Waals surface area contributed by atoms with Gasteiger partial charge < -0.3 is 0 Å². The van der Waals surface area contributed by atoms with E-state index in [1.165, 1.54) is 21.4 Å². The number of rotatable bonds is 2. The molecule has 4 aromatic rings. The molecule has 0 atom stereocenters. The third kappa shape index (κ3) is 2.53. The number of thiazole rings is 1. The van der Waals surface area contributed by atoms with Gasteiger partial charge in [-0.3, -0.25) is 9.78 Å². The van der Waals surface area contributed by atoms with Crippen LogP contribution < -0.4 is 10.1 Å². The maximum atomic E-state index is 12.5. The highest BCUT2D eigenvalue weighted by Crippen LogP contribution is 2.16. The average molecular weight is 320 g/mol. The summed E-state index contributed by atoms with van der Waals surface area (Å²) in [5.74, 6) is 0.573. The Hall–Kier alpha value is -2.86. The minimum absolute atomic E-state index is 0.146. The number of pyridine rings is 1. The maximum absolute atomic E-state index is 12.5. The van der Waals surface area contributed by atoms with Crippen molar-refractivity contribution in [2.45, 2.75) is 6.92 Å². The van der Waals surface area contributed by atoms with Gasteiger partial charge in [0, 0.05) is 18.0 Å². The largest absolute Gasteiger partial charge is 0.291 e. The van der Waals surface area contributed by atoms with Crippen molar-refractivity contribution in [2.75, 3.05) is 0 Å².